The third-order valence-electron chi connectivity index (χ3n) is 2.82. The van der Waals surface area contributed by atoms with E-state index in [0.29, 0.717) is 32.3 Å². The van der Waals surface area contributed by atoms with Gasteiger partial charge in [0.25, 0.3) is 0 Å². The topological polar surface area (TPSA) is 67.6 Å². The van der Waals surface area contributed by atoms with Crippen molar-refractivity contribution in [2.45, 2.75) is 31.4 Å². The van der Waals surface area contributed by atoms with Gasteiger partial charge in [0.15, 0.2) is 0 Å². The van der Waals surface area contributed by atoms with Gasteiger partial charge in [-0.15, -0.1) is 0 Å². The quantitative estimate of drug-likeness (QED) is 0.688. The van der Waals surface area contributed by atoms with Crippen molar-refractivity contribution in [1.29, 1.82) is 0 Å². The molecule has 2 rings (SSSR count). The highest BCUT2D eigenvalue weighted by Crippen LogP contribution is 2.19. The third kappa shape index (κ3) is 3.07. The van der Waals surface area contributed by atoms with Crippen molar-refractivity contribution in [2.75, 3.05) is 26.2 Å². The molecule has 0 aromatic rings. The van der Waals surface area contributed by atoms with Crippen LogP contribution in [-0.2, 0) is 4.74 Å². The van der Waals surface area contributed by atoms with Crippen LogP contribution in [0.2, 0.25) is 0 Å². The molecule has 86 valence electrons. The molecule has 0 aromatic carbocycles. The zero-order valence-corrected chi connectivity index (χ0v) is 8.95. The first-order valence-corrected chi connectivity index (χ1v) is 5.66. The molecule has 0 aromatic heterocycles. The van der Waals surface area contributed by atoms with Gasteiger partial charge in [0.1, 0.15) is 0 Å². The lowest BCUT2D eigenvalue weighted by atomic mass is 10.2. The van der Waals surface area contributed by atoms with Gasteiger partial charge in [-0.3, -0.25) is 0 Å². The zero-order chi connectivity index (χ0) is 10.7. The first-order chi connectivity index (χ1) is 7.29. The summed E-state index contributed by atoms with van der Waals surface area (Å²) in [6, 6.07) is 0.483. The lowest BCUT2D eigenvalue weighted by Gasteiger charge is -2.32. The Morgan fingerprint density at radius 1 is 1.53 bits per heavy atom. The Kier molecular flexibility index (Phi) is 3.43. The highest BCUT2D eigenvalue weighted by atomic mass is 16.5. The number of hydrogen-bond acceptors (Lipinski definition) is 3. The summed E-state index contributed by atoms with van der Waals surface area (Å²) >= 11 is 0. The Hall–Kier alpha value is -0.810. The standard InChI is InChI=1S/C10H19N3O2/c11-4-3-9-7-13(5-6-15-9)10(14)12-8-1-2-8/h8-9H,1-7,11H2,(H,12,14). The minimum Gasteiger partial charge on any atom is -0.374 e. The van der Waals surface area contributed by atoms with Gasteiger partial charge in [-0.2, -0.15) is 0 Å². The molecule has 1 saturated heterocycles. The summed E-state index contributed by atoms with van der Waals surface area (Å²) in [5, 5.41) is 2.99. The van der Waals surface area contributed by atoms with Gasteiger partial charge in [-0.05, 0) is 25.8 Å². The van der Waals surface area contributed by atoms with E-state index in [1.54, 1.807) is 0 Å². The van der Waals surface area contributed by atoms with Gasteiger partial charge in [0.05, 0.1) is 12.7 Å². The fourth-order valence-electron chi connectivity index (χ4n) is 1.76. The second-order valence-electron chi connectivity index (χ2n) is 4.24. The maximum atomic E-state index is 11.7. The van der Waals surface area contributed by atoms with Crippen molar-refractivity contribution < 1.29 is 9.53 Å². The molecule has 1 saturated carbocycles. The second-order valence-corrected chi connectivity index (χ2v) is 4.24. The van der Waals surface area contributed by atoms with Crippen LogP contribution in [0.5, 0.6) is 0 Å². The van der Waals surface area contributed by atoms with E-state index in [9.17, 15) is 4.79 Å². The van der Waals surface area contributed by atoms with E-state index >= 15 is 0 Å². The van der Waals surface area contributed by atoms with E-state index in [1.165, 1.54) is 0 Å². The molecule has 15 heavy (non-hydrogen) atoms. The van der Waals surface area contributed by atoms with E-state index in [1.807, 2.05) is 4.90 Å². The monoisotopic (exact) mass is 213 g/mol. The Morgan fingerprint density at radius 3 is 3.00 bits per heavy atom. The lowest BCUT2D eigenvalue weighted by Crippen LogP contribution is -2.50. The summed E-state index contributed by atoms with van der Waals surface area (Å²) in [7, 11) is 0. The molecule has 0 radical (unpaired) electrons. The number of nitrogens with zero attached hydrogens (tertiary/aromatic N) is 1. The molecular formula is C10H19N3O2. The van der Waals surface area contributed by atoms with E-state index in [4.69, 9.17) is 10.5 Å². The van der Waals surface area contributed by atoms with Gasteiger partial charge in [-0.1, -0.05) is 0 Å². The molecule has 3 N–H and O–H groups in total. The summed E-state index contributed by atoms with van der Waals surface area (Å²) in [6.45, 7) is 2.61. The van der Waals surface area contributed by atoms with Crippen LogP contribution in [-0.4, -0.2) is 49.3 Å². The molecule has 1 heterocycles. The maximum absolute atomic E-state index is 11.7. The number of nitrogens with two attached hydrogens (primary N) is 1. The number of amides is 2. The zero-order valence-electron chi connectivity index (χ0n) is 8.95. The fraction of sp³-hybridized carbons (Fsp3) is 0.900. The van der Waals surface area contributed by atoms with Crippen LogP contribution in [0.3, 0.4) is 0 Å². The lowest BCUT2D eigenvalue weighted by molar-refractivity contribution is -0.0165. The Labute approximate surface area is 89.9 Å². The highest BCUT2D eigenvalue weighted by Gasteiger charge is 2.28. The van der Waals surface area contributed by atoms with Gasteiger partial charge in [0.2, 0.25) is 0 Å². The van der Waals surface area contributed by atoms with Gasteiger partial charge < -0.3 is 20.7 Å². The van der Waals surface area contributed by atoms with Crippen LogP contribution >= 0.6 is 0 Å². The summed E-state index contributed by atoms with van der Waals surface area (Å²) in [5.74, 6) is 0. The Balaban J connectivity index is 1.77. The molecule has 2 fully saturated rings. The molecular weight excluding hydrogens is 194 g/mol. The molecule has 1 atom stereocenters. The number of urea groups is 1. The summed E-state index contributed by atoms with van der Waals surface area (Å²) in [4.78, 5) is 13.6. The smallest absolute Gasteiger partial charge is 0.317 e. The van der Waals surface area contributed by atoms with E-state index in [0.717, 1.165) is 19.3 Å². The van der Waals surface area contributed by atoms with Crippen LogP contribution in [0.1, 0.15) is 19.3 Å². The van der Waals surface area contributed by atoms with Crippen LogP contribution in [0.15, 0.2) is 0 Å². The molecule has 5 heteroatoms. The Bertz CT molecular complexity index is 229. The van der Waals surface area contributed by atoms with Gasteiger partial charge >= 0.3 is 6.03 Å². The number of nitrogens with one attached hydrogen (secondary N) is 1. The number of carbonyl (C=O) groups is 1. The molecule has 2 amide bonds. The molecule has 1 unspecified atom stereocenters. The van der Waals surface area contributed by atoms with Crippen molar-refractivity contribution in [2.24, 2.45) is 5.73 Å². The third-order valence-corrected chi connectivity index (χ3v) is 2.82. The van der Waals surface area contributed by atoms with Crippen molar-refractivity contribution in [1.82, 2.24) is 10.2 Å². The molecule has 0 bridgehead atoms. The summed E-state index contributed by atoms with van der Waals surface area (Å²) < 4.78 is 5.52. The van der Waals surface area contributed by atoms with Crippen LogP contribution in [0.4, 0.5) is 4.79 Å². The average Bonchev–Trinajstić information content (AvgIpc) is 3.03. The molecule has 2 aliphatic rings. The number of carbonyl (C=O) groups excluding carboxylic acids is 1. The largest absolute Gasteiger partial charge is 0.374 e. The van der Waals surface area contributed by atoms with E-state index in [-0.39, 0.29) is 12.1 Å². The van der Waals surface area contributed by atoms with Gasteiger partial charge in [-0.25, -0.2) is 4.79 Å². The first-order valence-electron chi connectivity index (χ1n) is 5.66. The number of rotatable bonds is 3. The van der Waals surface area contributed by atoms with Crippen LogP contribution in [0.25, 0.3) is 0 Å². The molecule has 5 nitrogen and oxygen atoms in total. The predicted octanol–water partition coefficient (Wildman–Crippen LogP) is -0.0920. The maximum Gasteiger partial charge on any atom is 0.317 e. The van der Waals surface area contributed by atoms with Crippen LogP contribution < -0.4 is 11.1 Å². The SMILES string of the molecule is NCCC1CN(C(=O)NC2CC2)CCO1. The minimum atomic E-state index is 0.0582. The minimum absolute atomic E-state index is 0.0582. The van der Waals surface area contributed by atoms with Crippen LogP contribution in [0, 0.1) is 0 Å². The normalized spacial score (nSPS) is 26.5. The molecule has 1 aliphatic heterocycles. The molecule has 0 spiro atoms. The number of ether oxygens (including phenoxy) is 1. The van der Waals surface area contributed by atoms with E-state index < -0.39 is 0 Å². The summed E-state index contributed by atoms with van der Waals surface area (Å²) in [6.07, 6.45) is 3.20. The van der Waals surface area contributed by atoms with E-state index in [2.05, 4.69) is 5.32 Å². The number of hydrogen-bond donors (Lipinski definition) is 2. The van der Waals surface area contributed by atoms with Crippen molar-refractivity contribution in [3.63, 3.8) is 0 Å². The fourth-order valence-corrected chi connectivity index (χ4v) is 1.76. The van der Waals surface area contributed by atoms with Crippen molar-refractivity contribution in [3.05, 3.63) is 0 Å². The van der Waals surface area contributed by atoms with Crippen molar-refractivity contribution in [3.8, 4) is 0 Å². The second kappa shape index (κ2) is 4.81. The number of morpholine rings is 1. The summed E-state index contributed by atoms with van der Waals surface area (Å²) in [5.41, 5.74) is 5.47. The Morgan fingerprint density at radius 2 is 2.33 bits per heavy atom. The highest BCUT2D eigenvalue weighted by molar-refractivity contribution is 5.75. The van der Waals surface area contributed by atoms with Crippen molar-refractivity contribution >= 4 is 6.03 Å². The average molecular weight is 213 g/mol. The van der Waals surface area contributed by atoms with Gasteiger partial charge in [0, 0.05) is 19.1 Å². The molecule has 1 aliphatic carbocycles. The predicted molar refractivity (Wildman–Crippen MR) is 56.5 cm³/mol. The first kappa shape index (κ1) is 10.7.